The average molecular weight is 268 g/mol. The van der Waals surface area contributed by atoms with Gasteiger partial charge in [0, 0.05) is 31.4 Å². The van der Waals surface area contributed by atoms with Crippen molar-refractivity contribution in [1.29, 1.82) is 0 Å². The average Bonchev–Trinajstić information content (AvgIpc) is 2.99. The minimum atomic E-state index is 0.587. The Labute approximate surface area is 119 Å². The summed E-state index contributed by atoms with van der Waals surface area (Å²) in [5.74, 6) is 1.42. The van der Waals surface area contributed by atoms with Crippen LogP contribution in [0.1, 0.15) is 23.5 Å². The lowest BCUT2D eigenvalue weighted by Crippen LogP contribution is -2.21. The Morgan fingerprint density at radius 2 is 1.90 bits per heavy atom. The third kappa shape index (κ3) is 2.80. The van der Waals surface area contributed by atoms with Crippen LogP contribution in [0.25, 0.3) is 0 Å². The fraction of sp³-hybridized carbons (Fsp3) is 0.375. The van der Waals surface area contributed by atoms with Crippen molar-refractivity contribution in [3.8, 4) is 0 Å². The molecule has 104 valence electrons. The summed E-state index contributed by atoms with van der Waals surface area (Å²) >= 11 is 0. The molecule has 0 amide bonds. The molecule has 20 heavy (non-hydrogen) atoms. The van der Waals surface area contributed by atoms with E-state index in [-0.39, 0.29) is 0 Å². The molecule has 2 aromatic rings. The van der Waals surface area contributed by atoms with Crippen molar-refractivity contribution in [2.24, 2.45) is 5.73 Å². The highest BCUT2D eigenvalue weighted by Gasteiger charge is 2.25. The van der Waals surface area contributed by atoms with Crippen LogP contribution >= 0.6 is 0 Å². The smallest absolute Gasteiger partial charge is 0.225 e. The molecular weight excluding hydrogens is 248 g/mol. The van der Waals surface area contributed by atoms with E-state index in [0.29, 0.717) is 12.5 Å². The van der Waals surface area contributed by atoms with Crippen LogP contribution in [0, 0.1) is 0 Å². The van der Waals surface area contributed by atoms with Crippen molar-refractivity contribution in [2.75, 3.05) is 24.5 Å². The van der Waals surface area contributed by atoms with Gasteiger partial charge in [0.25, 0.3) is 0 Å². The summed E-state index contributed by atoms with van der Waals surface area (Å²) in [6, 6.07) is 10.7. The minimum absolute atomic E-state index is 0.587. The lowest BCUT2D eigenvalue weighted by Gasteiger charge is -2.16. The maximum absolute atomic E-state index is 5.54. The van der Waals surface area contributed by atoms with Crippen molar-refractivity contribution < 1.29 is 0 Å². The van der Waals surface area contributed by atoms with Crippen LogP contribution in [0.5, 0.6) is 0 Å². The number of aromatic nitrogens is 2. The largest absolute Gasteiger partial charge is 0.340 e. The Bertz CT molecular complexity index is 538. The number of anilines is 1. The highest BCUT2D eigenvalue weighted by Crippen LogP contribution is 2.28. The summed E-state index contributed by atoms with van der Waals surface area (Å²) in [6.45, 7) is 2.67. The predicted molar refractivity (Wildman–Crippen MR) is 80.8 cm³/mol. The van der Waals surface area contributed by atoms with Gasteiger partial charge in [-0.15, -0.1) is 0 Å². The molecule has 1 atom stereocenters. The topological polar surface area (TPSA) is 55.0 Å². The van der Waals surface area contributed by atoms with E-state index < -0.39 is 0 Å². The quantitative estimate of drug-likeness (QED) is 0.921. The second kappa shape index (κ2) is 6.01. The van der Waals surface area contributed by atoms with Crippen LogP contribution < -0.4 is 10.6 Å². The molecule has 1 aromatic heterocycles. The van der Waals surface area contributed by atoms with Crippen LogP contribution in [0.4, 0.5) is 5.95 Å². The normalized spacial score (nSPS) is 18.4. The maximum atomic E-state index is 5.54. The van der Waals surface area contributed by atoms with E-state index >= 15 is 0 Å². The van der Waals surface area contributed by atoms with Crippen LogP contribution in [0.3, 0.4) is 0 Å². The van der Waals surface area contributed by atoms with Crippen molar-refractivity contribution in [3.05, 3.63) is 53.9 Å². The zero-order valence-electron chi connectivity index (χ0n) is 11.6. The first kappa shape index (κ1) is 13.1. The van der Waals surface area contributed by atoms with Gasteiger partial charge in [0.05, 0.1) is 0 Å². The summed E-state index contributed by atoms with van der Waals surface area (Å²) in [5, 5.41) is 0. The number of hydrogen-bond donors (Lipinski definition) is 1. The number of nitrogens with zero attached hydrogens (tertiary/aromatic N) is 3. The molecule has 1 unspecified atom stereocenters. The van der Waals surface area contributed by atoms with Crippen LogP contribution in [-0.2, 0) is 6.42 Å². The van der Waals surface area contributed by atoms with Crippen molar-refractivity contribution in [2.45, 2.75) is 18.8 Å². The molecule has 2 N–H and O–H groups in total. The Morgan fingerprint density at radius 1 is 1.15 bits per heavy atom. The van der Waals surface area contributed by atoms with Gasteiger partial charge in [0.2, 0.25) is 5.95 Å². The summed E-state index contributed by atoms with van der Waals surface area (Å²) in [5.41, 5.74) is 8.06. The first-order valence-corrected chi connectivity index (χ1v) is 7.17. The molecule has 0 spiro atoms. The molecular formula is C16H20N4. The van der Waals surface area contributed by atoms with Gasteiger partial charge in [0.15, 0.2) is 0 Å². The molecule has 0 radical (unpaired) electrons. The van der Waals surface area contributed by atoms with Crippen molar-refractivity contribution in [3.63, 3.8) is 0 Å². The Kier molecular flexibility index (Phi) is 3.92. The van der Waals surface area contributed by atoms with Gasteiger partial charge in [-0.2, -0.15) is 0 Å². The molecule has 0 saturated carbocycles. The van der Waals surface area contributed by atoms with Crippen molar-refractivity contribution >= 4 is 5.95 Å². The summed E-state index contributed by atoms with van der Waals surface area (Å²) in [6.07, 6.45) is 5.79. The summed E-state index contributed by atoms with van der Waals surface area (Å²) < 4.78 is 0. The zero-order valence-corrected chi connectivity index (χ0v) is 11.6. The van der Waals surface area contributed by atoms with E-state index in [1.807, 2.05) is 12.4 Å². The molecule has 0 bridgehead atoms. The molecule has 1 saturated heterocycles. The third-order valence-corrected chi connectivity index (χ3v) is 3.87. The first-order valence-electron chi connectivity index (χ1n) is 7.17. The molecule has 0 aliphatic carbocycles. The van der Waals surface area contributed by atoms with Crippen LogP contribution in [-0.4, -0.2) is 29.6 Å². The molecule has 1 aromatic carbocycles. The minimum Gasteiger partial charge on any atom is -0.340 e. The molecule has 4 nitrogen and oxygen atoms in total. The van der Waals surface area contributed by atoms with E-state index in [1.54, 1.807) is 0 Å². The second-order valence-electron chi connectivity index (χ2n) is 5.27. The van der Waals surface area contributed by atoms with E-state index in [9.17, 15) is 0 Å². The fourth-order valence-corrected chi connectivity index (χ4v) is 2.75. The summed E-state index contributed by atoms with van der Waals surface area (Å²) in [7, 11) is 0. The molecule has 4 heteroatoms. The lowest BCUT2D eigenvalue weighted by molar-refractivity contribution is 0.772. The number of benzene rings is 1. The van der Waals surface area contributed by atoms with Gasteiger partial charge < -0.3 is 10.6 Å². The van der Waals surface area contributed by atoms with Gasteiger partial charge in [0.1, 0.15) is 0 Å². The monoisotopic (exact) mass is 268 g/mol. The Balaban J connectivity index is 1.67. The fourth-order valence-electron chi connectivity index (χ4n) is 2.75. The van der Waals surface area contributed by atoms with E-state index in [2.05, 4.69) is 45.2 Å². The highest BCUT2D eigenvalue weighted by molar-refractivity contribution is 5.35. The Morgan fingerprint density at radius 3 is 2.60 bits per heavy atom. The van der Waals surface area contributed by atoms with E-state index in [4.69, 9.17) is 5.73 Å². The SMILES string of the molecule is NCCc1cnc(N2CCC(c3ccccc3)C2)nc1. The van der Waals surface area contributed by atoms with E-state index in [0.717, 1.165) is 37.4 Å². The molecule has 1 aliphatic rings. The zero-order chi connectivity index (χ0) is 13.8. The van der Waals surface area contributed by atoms with Crippen LogP contribution in [0.15, 0.2) is 42.7 Å². The number of rotatable bonds is 4. The van der Waals surface area contributed by atoms with E-state index in [1.165, 1.54) is 5.56 Å². The number of hydrogen-bond acceptors (Lipinski definition) is 4. The Hall–Kier alpha value is -1.94. The molecule has 2 heterocycles. The molecule has 3 rings (SSSR count). The van der Waals surface area contributed by atoms with Gasteiger partial charge in [-0.3, -0.25) is 0 Å². The number of nitrogens with two attached hydrogens (primary N) is 1. The van der Waals surface area contributed by atoms with Crippen LogP contribution in [0.2, 0.25) is 0 Å². The predicted octanol–water partition coefficient (Wildman–Crippen LogP) is 1.97. The van der Waals surface area contributed by atoms with Gasteiger partial charge in [-0.05, 0) is 30.5 Å². The second-order valence-corrected chi connectivity index (χ2v) is 5.27. The van der Waals surface area contributed by atoms with Gasteiger partial charge in [-0.1, -0.05) is 30.3 Å². The van der Waals surface area contributed by atoms with Crippen molar-refractivity contribution in [1.82, 2.24) is 9.97 Å². The molecule has 1 fully saturated rings. The van der Waals surface area contributed by atoms with Gasteiger partial charge >= 0.3 is 0 Å². The highest BCUT2D eigenvalue weighted by atomic mass is 15.3. The van der Waals surface area contributed by atoms with Gasteiger partial charge in [-0.25, -0.2) is 9.97 Å². The lowest BCUT2D eigenvalue weighted by atomic mass is 9.99. The maximum Gasteiger partial charge on any atom is 0.225 e. The third-order valence-electron chi connectivity index (χ3n) is 3.87. The molecule has 1 aliphatic heterocycles. The summed E-state index contributed by atoms with van der Waals surface area (Å²) in [4.78, 5) is 11.2. The standard InChI is InChI=1S/C16H20N4/c17-8-6-13-10-18-16(19-11-13)20-9-7-15(12-20)14-4-2-1-3-5-14/h1-5,10-11,15H,6-9,12,17H2. The first-order chi connectivity index (χ1) is 9.86.